The molecule has 0 spiro atoms. The molecule has 0 bridgehead atoms. The molecule has 55 heavy (non-hydrogen) atoms. The van der Waals surface area contributed by atoms with Crippen LogP contribution in [0.4, 0.5) is 34.4 Å². The van der Waals surface area contributed by atoms with E-state index in [2.05, 4.69) is 141 Å². The van der Waals surface area contributed by atoms with Gasteiger partial charge in [-0.1, -0.05) is 72.8 Å². The Bertz CT molecular complexity index is 2450. The molecule has 9 rings (SSSR count). The lowest BCUT2D eigenvalue weighted by Crippen LogP contribution is -2.11. The van der Waals surface area contributed by atoms with E-state index in [1.807, 2.05) is 73.3 Å². The molecular weight excluding hydrogens is 693 g/mol. The summed E-state index contributed by atoms with van der Waals surface area (Å²) in [5.41, 5.74) is 10.8. The number of hydrogen-bond acceptors (Lipinski definition) is 7. The predicted octanol–water partition coefficient (Wildman–Crippen LogP) is 12.9. The second kappa shape index (κ2) is 15.4. The van der Waals surface area contributed by atoms with Gasteiger partial charge in [0.2, 0.25) is 0 Å². The maximum atomic E-state index is 4.73. The minimum Gasteiger partial charge on any atom is -0.295 e. The van der Waals surface area contributed by atoms with Crippen LogP contribution >= 0.6 is 11.3 Å². The number of hydrogen-bond donors (Lipinski definition) is 0. The highest BCUT2D eigenvalue weighted by Gasteiger charge is 2.17. The minimum absolute atomic E-state index is 0.850. The molecule has 262 valence electrons. The Kier molecular flexibility index (Phi) is 9.41. The number of rotatable bonds is 10. The first-order chi connectivity index (χ1) is 27.3. The highest BCUT2D eigenvalue weighted by Crippen LogP contribution is 2.40. The molecule has 5 aromatic heterocycles. The summed E-state index contributed by atoms with van der Waals surface area (Å²) in [6.45, 7) is 0. The molecule has 0 N–H and O–H groups in total. The number of benzene rings is 4. The van der Waals surface area contributed by atoms with Gasteiger partial charge in [-0.15, -0.1) is 11.3 Å². The van der Waals surface area contributed by atoms with Crippen molar-refractivity contribution in [2.75, 3.05) is 9.80 Å². The number of thiophene rings is 1. The van der Waals surface area contributed by atoms with Crippen molar-refractivity contribution in [2.45, 2.75) is 0 Å². The van der Waals surface area contributed by atoms with Gasteiger partial charge in [0, 0.05) is 80.8 Å². The van der Waals surface area contributed by atoms with Crippen LogP contribution in [0.1, 0.15) is 0 Å². The van der Waals surface area contributed by atoms with E-state index in [9.17, 15) is 0 Å². The third-order valence-electron chi connectivity index (χ3n) is 9.38. The second-order valence-electron chi connectivity index (χ2n) is 12.9. The Morgan fingerprint density at radius 1 is 0.327 bits per heavy atom. The van der Waals surface area contributed by atoms with Crippen molar-refractivity contribution in [3.05, 3.63) is 207 Å². The normalized spacial score (nSPS) is 10.9. The lowest BCUT2D eigenvalue weighted by molar-refractivity contribution is 1.18. The van der Waals surface area contributed by atoms with Gasteiger partial charge in [-0.2, -0.15) is 0 Å². The van der Waals surface area contributed by atoms with E-state index < -0.39 is 0 Å². The molecule has 0 saturated heterocycles. The van der Waals surface area contributed by atoms with Gasteiger partial charge < -0.3 is 0 Å². The molecule has 6 nitrogen and oxygen atoms in total. The third-order valence-corrected chi connectivity index (χ3v) is 10.6. The van der Waals surface area contributed by atoms with Crippen LogP contribution in [0.2, 0.25) is 0 Å². The van der Waals surface area contributed by atoms with Gasteiger partial charge in [0.25, 0.3) is 0 Å². The fourth-order valence-corrected chi connectivity index (χ4v) is 7.73. The average molecular weight is 727 g/mol. The highest BCUT2D eigenvalue weighted by atomic mass is 32.1. The second-order valence-corrected chi connectivity index (χ2v) is 14.0. The van der Waals surface area contributed by atoms with Gasteiger partial charge in [0.1, 0.15) is 11.6 Å². The van der Waals surface area contributed by atoms with Crippen molar-refractivity contribution in [1.29, 1.82) is 0 Å². The minimum atomic E-state index is 0.850. The zero-order chi connectivity index (χ0) is 36.8. The molecule has 0 fully saturated rings. The molecule has 9 aromatic rings. The van der Waals surface area contributed by atoms with Gasteiger partial charge in [-0.3, -0.25) is 19.8 Å². The fraction of sp³-hybridized carbons (Fsp3) is 0. The van der Waals surface area contributed by atoms with Crippen LogP contribution in [-0.2, 0) is 0 Å². The summed E-state index contributed by atoms with van der Waals surface area (Å²) in [6.07, 6.45) is 11.0. The standard InChI is InChI=1S/C48H34N6S/c1-3-29-51-47(15-1)53(43-13-5-9-37(31-43)39-11-7-27-49-33-39)41-21-17-35(18-22-41)45-25-26-46(55-45)36-19-23-42(24-20-36)54(48-16-2-4-30-52-48)44-14-6-10-38(32-44)40-12-8-28-50-34-40/h1-34H. The quantitative estimate of drug-likeness (QED) is 0.140. The van der Waals surface area contributed by atoms with Crippen molar-refractivity contribution in [3.8, 4) is 43.1 Å². The summed E-state index contributed by atoms with van der Waals surface area (Å²) in [4.78, 5) is 24.9. The van der Waals surface area contributed by atoms with Crippen molar-refractivity contribution in [1.82, 2.24) is 19.9 Å². The molecule has 0 aliphatic carbocycles. The van der Waals surface area contributed by atoms with Crippen LogP contribution in [0, 0.1) is 0 Å². The van der Waals surface area contributed by atoms with Gasteiger partial charge in [0.05, 0.1) is 0 Å². The van der Waals surface area contributed by atoms with E-state index in [4.69, 9.17) is 9.97 Å². The molecule has 7 heteroatoms. The van der Waals surface area contributed by atoms with Crippen molar-refractivity contribution < 1.29 is 0 Å². The van der Waals surface area contributed by atoms with Crippen molar-refractivity contribution in [3.63, 3.8) is 0 Å². The van der Waals surface area contributed by atoms with E-state index in [-0.39, 0.29) is 0 Å². The summed E-state index contributed by atoms with van der Waals surface area (Å²) in [5, 5.41) is 0. The van der Waals surface area contributed by atoms with Crippen LogP contribution in [0.3, 0.4) is 0 Å². The summed E-state index contributed by atoms with van der Waals surface area (Å²) in [5.74, 6) is 1.70. The Morgan fingerprint density at radius 3 is 1.18 bits per heavy atom. The van der Waals surface area contributed by atoms with Crippen LogP contribution in [0.25, 0.3) is 43.1 Å². The van der Waals surface area contributed by atoms with Gasteiger partial charge in [0.15, 0.2) is 0 Å². The number of nitrogens with zero attached hydrogens (tertiary/aromatic N) is 6. The molecule has 0 unspecified atom stereocenters. The van der Waals surface area contributed by atoms with E-state index in [1.54, 1.807) is 23.7 Å². The maximum Gasteiger partial charge on any atom is 0.137 e. The monoisotopic (exact) mass is 726 g/mol. The van der Waals surface area contributed by atoms with Gasteiger partial charge in [-0.05, 0) is 119 Å². The molecule has 0 atom stereocenters. The lowest BCUT2D eigenvalue weighted by atomic mass is 10.1. The molecule has 0 radical (unpaired) electrons. The Balaban J connectivity index is 0.988. The Hall–Kier alpha value is -7.22. The maximum absolute atomic E-state index is 4.73. The van der Waals surface area contributed by atoms with Crippen LogP contribution in [0.5, 0.6) is 0 Å². The zero-order valence-electron chi connectivity index (χ0n) is 29.7. The average Bonchev–Trinajstić information content (AvgIpc) is 3.77. The number of aromatic nitrogens is 4. The van der Waals surface area contributed by atoms with Crippen LogP contribution < -0.4 is 9.80 Å². The third kappa shape index (κ3) is 7.25. The first-order valence-corrected chi connectivity index (χ1v) is 18.8. The fourth-order valence-electron chi connectivity index (χ4n) is 6.71. The van der Waals surface area contributed by atoms with E-state index >= 15 is 0 Å². The van der Waals surface area contributed by atoms with Gasteiger partial charge in [-0.25, -0.2) is 9.97 Å². The molecule has 4 aromatic carbocycles. The van der Waals surface area contributed by atoms with E-state index in [1.165, 1.54) is 9.75 Å². The number of anilines is 6. The Morgan fingerprint density at radius 2 is 0.782 bits per heavy atom. The highest BCUT2D eigenvalue weighted by molar-refractivity contribution is 7.18. The van der Waals surface area contributed by atoms with Crippen LogP contribution in [0.15, 0.2) is 207 Å². The zero-order valence-corrected chi connectivity index (χ0v) is 30.5. The molecule has 0 saturated carbocycles. The summed E-state index contributed by atoms with van der Waals surface area (Å²) >= 11 is 1.79. The SMILES string of the molecule is c1ccc(N(c2ccc(-c3ccc(-c4ccc(N(c5cccc(-c6cccnc6)c5)c5ccccn5)cc4)s3)cc2)c2cccc(-c3cccnc3)c2)nc1. The van der Waals surface area contributed by atoms with E-state index in [0.717, 1.165) is 67.8 Å². The van der Waals surface area contributed by atoms with Crippen molar-refractivity contribution in [2.24, 2.45) is 0 Å². The summed E-state index contributed by atoms with van der Waals surface area (Å²) < 4.78 is 0. The van der Waals surface area contributed by atoms with Crippen molar-refractivity contribution >= 4 is 45.7 Å². The topological polar surface area (TPSA) is 58.0 Å². The first-order valence-electron chi connectivity index (χ1n) is 18.0. The largest absolute Gasteiger partial charge is 0.295 e. The lowest BCUT2D eigenvalue weighted by Gasteiger charge is -2.25. The summed E-state index contributed by atoms with van der Waals surface area (Å²) in [7, 11) is 0. The molecule has 0 amide bonds. The van der Waals surface area contributed by atoms with E-state index in [0.29, 0.717) is 0 Å². The summed E-state index contributed by atoms with van der Waals surface area (Å²) in [6, 6.07) is 59.0. The predicted molar refractivity (Wildman–Crippen MR) is 227 cm³/mol. The molecule has 0 aliphatic heterocycles. The molecule has 0 aliphatic rings. The first kappa shape index (κ1) is 33.6. The van der Waals surface area contributed by atoms with Gasteiger partial charge >= 0.3 is 0 Å². The number of pyridine rings is 4. The Labute approximate surface area is 324 Å². The van der Waals surface area contributed by atoms with Crippen LogP contribution in [-0.4, -0.2) is 19.9 Å². The smallest absolute Gasteiger partial charge is 0.137 e. The molecular formula is C48H34N6S. The molecule has 5 heterocycles.